The van der Waals surface area contributed by atoms with Gasteiger partial charge in [-0.15, -0.1) is 0 Å². The van der Waals surface area contributed by atoms with E-state index in [0.717, 1.165) is 72.0 Å². The number of hydrogen-bond acceptors (Lipinski definition) is 7. The minimum Gasteiger partial charge on any atom is -0.496 e. The van der Waals surface area contributed by atoms with E-state index in [4.69, 9.17) is 9.47 Å². The van der Waals surface area contributed by atoms with Gasteiger partial charge in [-0.25, -0.2) is 13.2 Å². The molecular formula is C41H50N4O7S. The largest absolute Gasteiger partial charge is 0.496 e. The third-order valence-electron chi connectivity index (χ3n) is 12.6. The first-order valence-electron chi connectivity index (χ1n) is 19.5. The number of sulfonamides is 1. The molecule has 7 aliphatic rings. The van der Waals surface area contributed by atoms with Crippen molar-refractivity contribution in [3.8, 4) is 5.75 Å². The van der Waals surface area contributed by atoms with Gasteiger partial charge in [-0.3, -0.25) is 14.3 Å². The van der Waals surface area contributed by atoms with Crippen molar-refractivity contribution in [3.63, 3.8) is 0 Å². The molecule has 12 heteroatoms. The maximum absolute atomic E-state index is 15.4. The van der Waals surface area contributed by atoms with Crippen molar-refractivity contribution in [2.45, 2.75) is 101 Å². The van der Waals surface area contributed by atoms with Crippen LogP contribution in [0.2, 0.25) is 0 Å². The number of fused-ring (bicyclic) bond motifs is 7. The summed E-state index contributed by atoms with van der Waals surface area (Å²) in [6, 6.07) is 6.42. The van der Waals surface area contributed by atoms with Crippen molar-refractivity contribution in [1.82, 2.24) is 19.1 Å². The molecule has 2 saturated heterocycles. The van der Waals surface area contributed by atoms with Crippen LogP contribution in [0.3, 0.4) is 0 Å². The number of benzene rings is 1. The van der Waals surface area contributed by atoms with Crippen LogP contribution in [0, 0.1) is 17.8 Å². The number of allylic oxidation sites excluding steroid dienone is 3. The number of carbonyl (C=O) groups is 3. The maximum atomic E-state index is 15.4. The summed E-state index contributed by atoms with van der Waals surface area (Å²) in [6.45, 7) is 7.58. The highest BCUT2D eigenvalue weighted by Gasteiger charge is 2.55. The Kier molecular flexibility index (Phi) is 8.18. The van der Waals surface area contributed by atoms with E-state index in [-0.39, 0.29) is 29.8 Å². The van der Waals surface area contributed by atoms with E-state index in [9.17, 15) is 18.0 Å². The van der Waals surface area contributed by atoms with Crippen molar-refractivity contribution in [1.29, 1.82) is 0 Å². The fraction of sp³-hybridized carbons (Fsp3) is 0.585. The van der Waals surface area contributed by atoms with Gasteiger partial charge >= 0.3 is 6.09 Å². The number of hydrogen-bond donors (Lipinski definition) is 1. The molecule has 4 heterocycles. The number of nitrogens with zero attached hydrogens (tertiary/aromatic N) is 3. The van der Waals surface area contributed by atoms with Gasteiger partial charge in [-0.05, 0) is 94.1 Å². The quantitative estimate of drug-likeness (QED) is 0.373. The van der Waals surface area contributed by atoms with Gasteiger partial charge in [0.15, 0.2) is 0 Å². The third kappa shape index (κ3) is 5.90. The van der Waals surface area contributed by atoms with E-state index in [0.29, 0.717) is 56.2 Å². The van der Waals surface area contributed by atoms with Gasteiger partial charge in [-0.2, -0.15) is 0 Å². The predicted octanol–water partition coefficient (Wildman–Crippen LogP) is 6.22. The zero-order valence-corrected chi connectivity index (χ0v) is 32.0. The molecule has 5 fully saturated rings. The van der Waals surface area contributed by atoms with E-state index in [2.05, 4.69) is 39.6 Å². The summed E-state index contributed by atoms with van der Waals surface area (Å²) in [7, 11) is -2.12. The topological polar surface area (TPSA) is 127 Å². The van der Waals surface area contributed by atoms with E-state index in [1.54, 1.807) is 12.0 Å². The number of rotatable bonds is 6. The van der Waals surface area contributed by atoms with Crippen molar-refractivity contribution in [2.24, 2.45) is 17.8 Å². The van der Waals surface area contributed by atoms with Gasteiger partial charge in [0.05, 0.1) is 23.8 Å². The van der Waals surface area contributed by atoms with Crippen LogP contribution in [-0.4, -0.2) is 84.8 Å². The Bertz CT molecular complexity index is 2110. The van der Waals surface area contributed by atoms with Crippen molar-refractivity contribution in [2.75, 3.05) is 33.3 Å². The highest BCUT2D eigenvalue weighted by molar-refractivity contribution is 7.90. The molecule has 1 aromatic carbocycles. The average molecular weight is 743 g/mol. The van der Waals surface area contributed by atoms with Gasteiger partial charge in [0.25, 0.3) is 5.91 Å². The molecule has 0 spiro atoms. The number of carbonyl (C=O) groups excluding carboxylic acids is 3. The van der Waals surface area contributed by atoms with Gasteiger partial charge in [0, 0.05) is 60.6 Å². The lowest BCUT2D eigenvalue weighted by Gasteiger charge is -2.28. The van der Waals surface area contributed by atoms with Crippen molar-refractivity contribution < 1.29 is 32.3 Å². The number of methoxy groups -OCH3 is 1. The molecule has 0 bridgehead atoms. The molecule has 282 valence electrons. The Morgan fingerprint density at radius 3 is 2.25 bits per heavy atom. The standard InChI is InChI=1S/C41H50N4O7S/c1-41(2,3)52-40(48)44-21-24-19-43(20-25(24)22-44)39(47)37-34-33(35(34)38(46)42-53(49,50)26-14-15-26)29-13-9-8-12-28(29)31-18-30-32(51-4)17-16-27(36(30)45(31)37)23-10-6-5-7-11-23/h9,13,16-18,23-26,28,35H,5-8,10-12,14-15,19-22H2,1-4H3,(H,42,46). The molecule has 1 aromatic heterocycles. The van der Waals surface area contributed by atoms with E-state index in [1.165, 1.54) is 12.0 Å². The van der Waals surface area contributed by atoms with Crippen LogP contribution in [-0.2, 0) is 24.3 Å². The molecule has 3 aliphatic heterocycles. The fourth-order valence-electron chi connectivity index (χ4n) is 9.93. The number of amides is 3. The third-order valence-corrected chi connectivity index (χ3v) is 14.4. The molecule has 3 amide bonds. The number of likely N-dealkylation sites (tertiary alicyclic amines) is 2. The molecular weight excluding hydrogens is 693 g/mol. The zero-order valence-electron chi connectivity index (χ0n) is 31.2. The highest BCUT2D eigenvalue weighted by Crippen LogP contribution is 2.59. The van der Waals surface area contributed by atoms with Crippen molar-refractivity contribution in [3.05, 3.63) is 58.3 Å². The Balaban J connectivity index is 1.18. The lowest BCUT2D eigenvalue weighted by Crippen LogP contribution is -2.39. The second kappa shape index (κ2) is 12.5. The van der Waals surface area contributed by atoms with E-state index >= 15 is 4.79 Å². The second-order valence-electron chi connectivity index (χ2n) is 17.3. The summed E-state index contributed by atoms with van der Waals surface area (Å²) in [4.78, 5) is 46.1. The lowest BCUT2D eigenvalue weighted by atomic mass is 9.83. The highest BCUT2D eigenvalue weighted by atomic mass is 32.2. The Morgan fingerprint density at radius 2 is 1.58 bits per heavy atom. The zero-order chi connectivity index (χ0) is 37.0. The molecule has 4 unspecified atom stereocenters. The van der Waals surface area contributed by atoms with Crippen LogP contribution >= 0.6 is 0 Å². The summed E-state index contributed by atoms with van der Waals surface area (Å²) < 4.78 is 42.4. The lowest BCUT2D eigenvalue weighted by molar-refractivity contribution is -0.124. The molecule has 0 radical (unpaired) electrons. The Morgan fingerprint density at radius 1 is 0.887 bits per heavy atom. The number of aromatic nitrogens is 1. The Hall–Kier alpha value is -4.06. The second-order valence-corrected chi connectivity index (χ2v) is 19.2. The van der Waals surface area contributed by atoms with Gasteiger partial charge in [0.2, 0.25) is 15.9 Å². The molecule has 3 saturated carbocycles. The number of nitrogens with one attached hydrogen (secondary N) is 1. The van der Waals surface area contributed by atoms with Crippen LogP contribution in [0.5, 0.6) is 5.75 Å². The van der Waals surface area contributed by atoms with Crippen molar-refractivity contribution >= 4 is 44.5 Å². The summed E-state index contributed by atoms with van der Waals surface area (Å²) >= 11 is 0. The average Bonchev–Trinajstić information content (AvgIpc) is 3.99. The molecule has 4 aliphatic carbocycles. The summed E-state index contributed by atoms with van der Waals surface area (Å²) in [5, 5.41) is 0.415. The summed E-state index contributed by atoms with van der Waals surface area (Å²) in [5.41, 5.74) is 5.44. The SMILES string of the molecule is COc1ccc(C2CCCCC2)c2c1cc1n2C(C(=O)N2CC3CN(C(=O)OC(C)(C)C)CC3C2)=C2C(=C3C=CCCC31)C2C(=O)NS(=O)(=O)C1CC1. The van der Waals surface area contributed by atoms with E-state index in [1.807, 2.05) is 25.7 Å². The molecule has 9 rings (SSSR count). The van der Waals surface area contributed by atoms with Gasteiger partial charge < -0.3 is 23.8 Å². The van der Waals surface area contributed by atoms with Crippen LogP contribution in [0.4, 0.5) is 4.79 Å². The van der Waals surface area contributed by atoms with Crippen LogP contribution in [0.25, 0.3) is 16.6 Å². The van der Waals surface area contributed by atoms with E-state index < -0.39 is 32.7 Å². The Labute approximate surface area is 311 Å². The first-order chi connectivity index (χ1) is 25.3. The number of ether oxygens (including phenoxy) is 2. The molecule has 1 N–H and O–H groups in total. The fourth-order valence-corrected chi connectivity index (χ4v) is 11.3. The summed E-state index contributed by atoms with van der Waals surface area (Å²) in [5.74, 6) is -0.367. The van der Waals surface area contributed by atoms with Crippen LogP contribution in [0.1, 0.15) is 102 Å². The summed E-state index contributed by atoms with van der Waals surface area (Å²) in [6.07, 6.45) is 12.3. The maximum Gasteiger partial charge on any atom is 0.410 e. The predicted molar refractivity (Wildman–Crippen MR) is 201 cm³/mol. The first kappa shape index (κ1) is 34.7. The minimum atomic E-state index is -3.80. The van der Waals surface area contributed by atoms with Crippen LogP contribution < -0.4 is 9.46 Å². The van der Waals surface area contributed by atoms with Crippen LogP contribution in [0.15, 0.2) is 47.1 Å². The smallest absolute Gasteiger partial charge is 0.410 e. The molecule has 53 heavy (non-hydrogen) atoms. The first-order valence-corrected chi connectivity index (χ1v) is 21.1. The minimum absolute atomic E-state index is 0.0789. The monoisotopic (exact) mass is 742 g/mol. The van der Waals surface area contributed by atoms with Gasteiger partial charge in [-0.1, -0.05) is 37.5 Å². The normalized spacial score (nSPS) is 26.9. The molecule has 11 nitrogen and oxygen atoms in total. The van der Waals surface area contributed by atoms with Gasteiger partial charge in [0.1, 0.15) is 17.0 Å². The molecule has 2 aromatic rings. The molecule has 4 atom stereocenters.